The van der Waals surface area contributed by atoms with Crippen LogP contribution in [0.2, 0.25) is 0 Å². The summed E-state index contributed by atoms with van der Waals surface area (Å²) in [5, 5.41) is 0. The van der Waals surface area contributed by atoms with Crippen molar-refractivity contribution in [1.29, 1.82) is 0 Å². The summed E-state index contributed by atoms with van der Waals surface area (Å²) in [6, 6.07) is 10.9. The molecule has 0 heterocycles. The largest absolute Gasteiger partial charge is 0.320 e. The minimum atomic E-state index is -0.0906. The molecule has 0 aromatic heterocycles. The maximum Gasteiger partial charge on any atom is 0.0563 e. The fourth-order valence-corrected chi connectivity index (χ4v) is 3.93. The number of nitrogens with two attached hydrogens (primary N) is 1. The van der Waals surface area contributed by atoms with Gasteiger partial charge in [0.2, 0.25) is 0 Å². The zero-order chi connectivity index (χ0) is 14.3. The normalized spacial score (nSPS) is 15.2. The summed E-state index contributed by atoms with van der Waals surface area (Å²) in [5.41, 5.74) is 13.0. The summed E-state index contributed by atoms with van der Waals surface area (Å²) in [5.74, 6) is 0. The van der Waals surface area contributed by atoms with E-state index < -0.39 is 0 Å². The molecule has 0 amide bonds. The molecule has 2 N–H and O–H groups in total. The van der Waals surface area contributed by atoms with Crippen molar-refractivity contribution in [3.8, 4) is 0 Å². The highest BCUT2D eigenvalue weighted by atomic mass is 79.9. The van der Waals surface area contributed by atoms with Crippen molar-refractivity contribution in [3.05, 3.63) is 67.1 Å². The fourth-order valence-electron chi connectivity index (χ4n) is 2.86. The van der Waals surface area contributed by atoms with Gasteiger partial charge in [0.05, 0.1) is 6.04 Å². The van der Waals surface area contributed by atoms with Crippen molar-refractivity contribution >= 4 is 31.9 Å². The molecule has 1 aliphatic carbocycles. The van der Waals surface area contributed by atoms with E-state index in [1.807, 2.05) is 0 Å². The molecule has 104 valence electrons. The molecule has 0 saturated carbocycles. The number of fused-ring (bicyclic) bond motifs is 1. The molecule has 0 bridgehead atoms. The molecule has 20 heavy (non-hydrogen) atoms. The molecular weight excluding hydrogens is 378 g/mol. The van der Waals surface area contributed by atoms with E-state index in [9.17, 15) is 0 Å². The minimum absolute atomic E-state index is 0.0906. The standard InChI is InChI=1S/C17H17Br2N/c1-10-7-16(19)14(9-15(10)18)17(20)13-6-5-11-3-2-4-12(11)8-13/h5-9,17H,2-4,20H2,1H3. The lowest BCUT2D eigenvalue weighted by Gasteiger charge is -2.17. The predicted octanol–water partition coefficient (Wildman–Crippen LogP) is 5.06. The van der Waals surface area contributed by atoms with Gasteiger partial charge < -0.3 is 5.73 Å². The van der Waals surface area contributed by atoms with Crippen LogP contribution < -0.4 is 5.73 Å². The van der Waals surface area contributed by atoms with Crippen molar-refractivity contribution in [2.75, 3.05) is 0 Å². The molecule has 1 atom stereocenters. The number of hydrogen-bond acceptors (Lipinski definition) is 1. The van der Waals surface area contributed by atoms with Crippen molar-refractivity contribution in [1.82, 2.24) is 0 Å². The molecule has 1 aliphatic rings. The number of halogens is 2. The van der Waals surface area contributed by atoms with Crippen LogP contribution in [0.4, 0.5) is 0 Å². The highest BCUT2D eigenvalue weighted by molar-refractivity contribution is 9.11. The Hall–Kier alpha value is -0.640. The monoisotopic (exact) mass is 393 g/mol. The van der Waals surface area contributed by atoms with Crippen LogP contribution in [-0.4, -0.2) is 0 Å². The van der Waals surface area contributed by atoms with Gasteiger partial charge in [0, 0.05) is 8.95 Å². The van der Waals surface area contributed by atoms with Crippen LogP contribution in [0.3, 0.4) is 0 Å². The molecule has 2 aromatic carbocycles. The van der Waals surface area contributed by atoms with Gasteiger partial charge in [-0.25, -0.2) is 0 Å². The molecule has 0 saturated heterocycles. The van der Waals surface area contributed by atoms with Crippen molar-refractivity contribution in [2.45, 2.75) is 32.2 Å². The quantitative estimate of drug-likeness (QED) is 0.756. The molecule has 3 heteroatoms. The van der Waals surface area contributed by atoms with Gasteiger partial charge in [-0.3, -0.25) is 0 Å². The Morgan fingerprint density at radius 3 is 2.55 bits per heavy atom. The van der Waals surface area contributed by atoms with E-state index >= 15 is 0 Å². The first-order valence-electron chi connectivity index (χ1n) is 6.89. The Labute approximate surface area is 136 Å². The summed E-state index contributed by atoms with van der Waals surface area (Å²) in [6.07, 6.45) is 3.67. The van der Waals surface area contributed by atoms with Gasteiger partial charge in [0.25, 0.3) is 0 Å². The molecule has 0 fully saturated rings. The third-order valence-electron chi connectivity index (χ3n) is 4.09. The van der Waals surface area contributed by atoms with Crippen LogP contribution in [0.5, 0.6) is 0 Å². The summed E-state index contributed by atoms with van der Waals surface area (Å²) in [4.78, 5) is 0. The first kappa shape index (κ1) is 14.3. The van der Waals surface area contributed by atoms with E-state index in [2.05, 4.69) is 69.1 Å². The third-order valence-corrected chi connectivity index (χ3v) is 5.64. The minimum Gasteiger partial charge on any atom is -0.320 e. The Bertz CT molecular complexity index is 664. The van der Waals surface area contributed by atoms with Crippen LogP contribution in [-0.2, 0) is 12.8 Å². The summed E-state index contributed by atoms with van der Waals surface area (Å²) >= 11 is 7.24. The Balaban J connectivity index is 2.00. The number of benzene rings is 2. The molecule has 0 radical (unpaired) electrons. The second-order valence-corrected chi connectivity index (χ2v) is 7.19. The topological polar surface area (TPSA) is 26.0 Å². The van der Waals surface area contributed by atoms with Crippen molar-refractivity contribution < 1.29 is 0 Å². The van der Waals surface area contributed by atoms with E-state index in [4.69, 9.17) is 5.73 Å². The fraction of sp³-hybridized carbons (Fsp3) is 0.294. The summed E-state index contributed by atoms with van der Waals surface area (Å²) in [7, 11) is 0. The lowest BCUT2D eigenvalue weighted by atomic mass is 9.96. The predicted molar refractivity (Wildman–Crippen MR) is 91.1 cm³/mol. The summed E-state index contributed by atoms with van der Waals surface area (Å²) < 4.78 is 2.18. The van der Waals surface area contributed by atoms with Crippen molar-refractivity contribution in [2.24, 2.45) is 5.73 Å². The molecular formula is C17H17Br2N. The van der Waals surface area contributed by atoms with Gasteiger partial charge in [-0.1, -0.05) is 50.1 Å². The maximum absolute atomic E-state index is 6.48. The van der Waals surface area contributed by atoms with Gasteiger partial charge in [0.15, 0.2) is 0 Å². The second kappa shape index (κ2) is 5.63. The molecule has 1 unspecified atom stereocenters. The molecule has 1 nitrogen and oxygen atoms in total. The maximum atomic E-state index is 6.48. The van der Waals surface area contributed by atoms with Gasteiger partial charge in [-0.15, -0.1) is 0 Å². The number of aryl methyl sites for hydroxylation is 3. The van der Waals surface area contributed by atoms with Crippen LogP contribution in [0.15, 0.2) is 39.3 Å². The van der Waals surface area contributed by atoms with E-state index in [0.29, 0.717) is 0 Å². The zero-order valence-corrected chi connectivity index (χ0v) is 14.6. The van der Waals surface area contributed by atoms with Crippen molar-refractivity contribution in [3.63, 3.8) is 0 Å². The summed E-state index contributed by atoms with van der Waals surface area (Å²) in [6.45, 7) is 2.08. The van der Waals surface area contributed by atoms with Crippen LogP contribution >= 0.6 is 31.9 Å². The van der Waals surface area contributed by atoms with E-state index in [-0.39, 0.29) is 6.04 Å². The highest BCUT2D eigenvalue weighted by Gasteiger charge is 2.17. The molecule has 0 aliphatic heterocycles. The average Bonchev–Trinajstić information content (AvgIpc) is 2.89. The lowest BCUT2D eigenvalue weighted by Crippen LogP contribution is -2.13. The van der Waals surface area contributed by atoms with E-state index in [1.165, 1.54) is 41.5 Å². The molecule has 3 rings (SSSR count). The zero-order valence-electron chi connectivity index (χ0n) is 11.4. The number of hydrogen-bond donors (Lipinski definition) is 1. The van der Waals surface area contributed by atoms with Gasteiger partial charge >= 0.3 is 0 Å². The third kappa shape index (κ3) is 2.59. The first-order valence-corrected chi connectivity index (χ1v) is 8.47. The Morgan fingerprint density at radius 2 is 1.75 bits per heavy atom. The van der Waals surface area contributed by atoms with Gasteiger partial charge in [0.1, 0.15) is 0 Å². The van der Waals surface area contributed by atoms with Crippen LogP contribution in [0, 0.1) is 6.92 Å². The van der Waals surface area contributed by atoms with E-state index in [1.54, 1.807) is 0 Å². The Morgan fingerprint density at radius 1 is 1.00 bits per heavy atom. The van der Waals surface area contributed by atoms with Gasteiger partial charge in [-0.05, 0) is 66.1 Å². The SMILES string of the molecule is Cc1cc(Br)c(C(N)c2ccc3c(c2)CCC3)cc1Br. The smallest absolute Gasteiger partial charge is 0.0563 e. The highest BCUT2D eigenvalue weighted by Crippen LogP contribution is 2.33. The lowest BCUT2D eigenvalue weighted by molar-refractivity contribution is 0.860. The second-order valence-electron chi connectivity index (χ2n) is 5.48. The number of rotatable bonds is 2. The molecule has 2 aromatic rings. The molecule has 0 spiro atoms. The van der Waals surface area contributed by atoms with Crippen LogP contribution in [0.1, 0.15) is 40.3 Å². The van der Waals surface area contributed by atoms with Gasteiger partial charge in [-0.2, -0.15) is 0 Å². The first-order chi connectivity index (χ1) is 9.56. The van der Waals surface area contributed by atoms with E-state index in [0.717, 1.165) is 14.5 Å². The average molecular weight is 395 g/mol. The Kier molecular flexibility index (Phi) is 4.02. The van der Waals surface area contributed by atoms with Crippen LogP contribution in [0.25, 0.3) is 0 Å².